The number of phenols is 1. The van der Waals surface area contributed by atoms with Crippen molar-refractivity contribution in [3.05, 3.63) is 29.8 Å². The van der Waals surface area contributed by atoms with Crippen molar-refractivity contribution in [1.29, 1.82) is 0 Å². The largest absolute Gasteiger partial charge is 0.508 e. The normalized spacial score (nSPS) is 13.5. The van der Waals surface area contributed by atoms with Gasteiger partial charge in [-0.3, -0.25) is 0 Å². The van der Waals surface area contributed by atoms with Gasteiger partial charge in [-0.05, 0) is 57.7 Å². The molecule has 0 amide bonds. The summed E-state index contributed by atoms with van der Waals surface area (Å²) < 4.78 is 14.6. The van der Waals surface area contributed by atoms with Crippen LogP contribution in [0, 0.1) is 0 Å². The van der Waals surface area contributed by atoms with E-state index < -0.39 is 11.0 Å². The van der Waals surface area contributed by atoms with Gasteiger partial charge in [0, 0.05) is 6.54 Å². The van der Waals surface area contributed by atoms with Crippen LogP contribution in [0.5, 0.6) is 5.75 Å². The second-order valence-corrected chi connectivity index (χ2v) is 7.45. The van der Waals surface area contributed by atoms with Crippen LogP contribution in [0.2, 0.25) is 0 Å². The number of aryl methyl sites for hydroxylation is 1. The first kappa shape index (κ1) is 15.2. The van der Waals surface area contributed by atoms with Crippen LogP contribution in [0.25, 0.3) is 0 Å². The number of rotatable bonds is 6. The van der Waals surface area contributed by atoms with Crippen LogP contribution in [0.1, 0.15) is 39.2 Å². The number of phenolic OH excluding ortho intramolecular Hbond substituents is 1. The Morgan fingerprint density at radius 3 is 2.33 bits per heavy atom. The maximum Gasteiger partial charge on any atom is 0.115 e. The van der Waals surface area contributed by atoms with Gasteiger partial charge in [0.25, 0.3) is 0 Å². The molecule has 0 heterocycles. The van der Waals surface area contributed by atoms with Gasteiger partial charge in [0.1, 0.15) is 5.75 Å². The highest BCUT2D eigenvalue weighted by Crippen LogP contribution is 2.12. The van der Waals surface area contributed by atoms with E-state index in [4.69, 9.17) is 5.11 Å². The van der Waals surface area contributed by atoms with E-state index >= 15 is 0 Å². The molecule has 1 aromatic carbocycles. The molecular formula is C14H23NO2S. The molecule has 1 aromatic rings. The molecule has 0 bridgehead atoms. The zero-order chi connectivity index (χ0) is 13.6. The second kappa shape index (κ2) is 6.90. The molecular weight excluding hydrogens is 246 g/mol. The summed E-state index contributed by atoms with van der Waals surface area (Å²) >= 11 is 0. The molecule has 2 N–H and O–H groups in total. The summed E-state index contributed by atoms with van der Waals surface area (Å²) in [6.45, 7) is 6.67. The minimum Gasteiger partial charge on any atom is -0.508 e. The van der Waals surface area contributed by atoms with Gasteiger partial charge in [0.15, 0.2) is 0 Å². The molecule has 0 aliphatic carbocycles. The van der Waals surface area contributed by atoms with Gasteiger partial charge >= 0.3 is 0 Å². The third-order valence-corrected chi connectivity index (χ3v) is 4.20. The summed E-state index contributed by atoms with van der Waals surface area (Å²) in [6.07, 6.45) is 3.05. The van der Waals surface area contributed by atoms with Crippen LogP contribution in [-0.2, 0) is 17.4 Å². The van der Waals surface area contributed by atoms with Crippen LogP contribution < -0.4 is 4.72 Å². The Balaban J connectivity index is 2.16. The van der Waals surface area contributed by atoms with Gasteiger partial charge in [-0.25, -0.2) is 8.93 Å². The van der Waals surface area contributed by atoms with Gasteiger partial charge in [0.05, 0.1) is 15.7 Å². The Hall–Kier alpha value is -0.870. The molecule has 0 spiro atoms. The van der Waals surface area contributed by atoms with Crippen LogP contribution in [0.15, 0.2) is 24.3 Å². The lowest BCUT2D eigenvalue weighted by molar-refractivity contribution is 0.475. The SMILES string of the molecule is CC(C)(C)S(=O)NCCCCc1ccc(O)cc1. The standard InChI is InChI=1S/C14H23NO2S/c1-14(2,3)18(17)15-11-5-4-6-12-7-9-13(16)10-8-12/h7-10,15-16H,4-6,11H2,1-3H3. The molecule has 1 unspecified atom stereocenters. The quantitative estimate of drug-likeness (QED) is 0.780. The zero-order valence-corrected chi connectivity index (χ0v) is 12.2. The third-order valence-electron chi connectivity index (χ3n) is 2.62. The van der Waals surface area contributed by atoms with Crippen molar-refractivity contribution in [3.63, 3.8) is 0 Å². The van der Waals surface area contributed by atoms with Gasteiger partial charge < -0.3 is 5.11 Å². The molecule has 0 saturated heterocycles. The highest BCUT2D eigenvalue weighted by molar-refractivity contribution is 7.84. The van der Waals surface area contributed by atoms with Crippen molar-refractivity contribution >= 4 is 11.0 Å². The number of aromatic hydroxyl groups is 1. The third kappa shape index (κ3) is 5.65. The fraction of sp³-hybridized carbons (Fsp3) is 0.571. The number of nitrogens with one attached hydrogen (secondary N) is 1. The highest BCUT2D eigenvalue weighted by Gasteiger charge is 2.18. The van der Waals surface area contributed by atoms with E-state index in [0.717, 1.165) is 25.8 Å². The average molecular weight is 269 g/mol. The van der Waals surface area contributed by atoms with Crippen LogP contribution >= 0.6 is 0 Å². The first-order valence-electron chi connectivity index (χ1n) is 6.33. The first-order valence-corrected chi connectivity index (χ1v) is 7.48. The second-order valence-electron chi connectivity index (χ2n) is 5.40. The van der Waals surface area contributed by atoms with Gasteiger partial charge in [0.2, 0.25) is 0 Å². The summed E-state index contributed by atoms with van der Waals surface area (Å²) in [5, 5.41) is 9.16. The number of hydrogen-bond donors (Lipinski definition) is 2. The highest BCUT2D eigenvalue weighted by atomic mass is 32.2. The molecule has 18 heavy (non-hydrogen) atoms. The molecule has 0 saturated carbocycles. The summed E-state index contributed by atoms with van der Waals surface area (Å²) in [7, 11) is -0.971. The Morgan fingerprint density at radius 2 is 1.78 bits per heavy atom. The Kier molecular flexibility index (Phi) is 5.82. The molecule has 102 valence electrons. The minimum absolute atomic E-state index is 0.197. The number of hydrogen-bond acceptors (Lipinski definition) is 2. The zero-order valence-electron chi connectivity index (χ0n) is 11.4. The predicted molar refractivity (Wildman–Crippen MR) is 76.9 cm³/mol. The van der Waals surface area contributed by atoms with Crippen molar-refractivity contribution in [1.82, 2.24) is 4.72 Å². The molecule has 1 atom stereocenters. The van der Waals surface area contributed by atoms with E-state index in [-0.39, 0.29) is 4.75 Å². The van der Waals surface area contributed by atoms with Crippen LogP contribution in [0.4, 0.5) is 0 Å². The summed E-state index contributed by atoms with van der Waals surface area (Å²) in [5.41, 5.74) is 1.23. The monoisotopic (exact) mass is 269 g/mol. The van der Waals surface area contributed by atoms with Gasteiger partial charge in [-0.2, -0.15) is 0 Å². The lowest BCUT2D eigenvalue weighted by Gasteiger charge is -2.17. The number of unbranched alkanes of at least 4 members (excludes halogenated alkanes) is 1. The fourth-order valence-electron chi connectivity index (χ4n) is 1.50. The Morgan fingerprint density at radius 1 is 1.17 bits per heavy atom. The molecule has 0 aromatic heterocycles. The summed E-state index contributed by atoms with van der Waals surface area (Å²) in [5.74, 6) is 0.306. The van der Waals surface area contributed by atoms with Gasteiger partial charge in [-0.1, -0.05) is 12.1 Å². The lowest BCUT2D eigenvalue weighted by Crippen LogP contribution is -2.33. The maximum absolute atomic E-state index is 11.7. The predicted octanol–water partition coefficient (Wildman–Crippen LogP) is 2.77. The Labute approximate surface area is 112 Å². The Bertz CT molecular complexity index is 382. The summed E-state index contributed by atoms with van der Waals surface area (Å²) in [6, 6.07) is 7.30. The molecule has 0 radical (unpaired) electrons. The van der Waals surface area contributed by atoms with Crippen LogP contribution in [-0.4, -0.2) is 20.6 Å². The molecule has 0 fully saturated rings. The van der Waals surface area contributed by atoms with E-state index in [1.54, 1.807) is 12.1 Å². The molecule has 0 aliphatic rings. The summed E-state index contributed by atoms with van der Waals surface area (Å²) in [4.78, 5) is 0. The molecule has 0 aliphatic heterocycles. The number of benzene rings is 1. The topological polar surface area (TPSA) is 49.3 Å². The van der Waals surface area contributed by atoms with E-state index in [1.807, 2.05) is 32.9 Å². The molecule has 1 rings (SSSR count). The minimum atomic E-state index is -0.971. The van der Waals surface area contributed by atoms with E-state index in [0.29, 0.717) is 5.75 Å². The average Bonchev–Trinajstić information content (AvgIpc) is 2.29. The van der Waals surface area contributed by atoms with E-state index in [9.17, 15) is 4.21 Å². The van der Waals surface area contributed by atoms with Crippen LogP contribution in [0.3, 0.4) is 0 Å². The molecule has 3 nitrogen and oxygen atoms in total. The van der Waals surface area contributed by atoms with Gasteiger partial charge in [-0.15, -0.1) is 0 Å². The maximum atomic E-state index is 11.7. The van der Waals surface area contributed by atoms with Crippen molar-refractivity contribution < 1.29 is 9.32 Å². The lowest BCUT2D eigenvalue weighted by atomic mass is 10.1. The van der Waals surface area contributed by atoms with E-state index in [1.165, 1.54) is 5.56 Å². The fourth-order valence-corrected chi connectivity index (χ4v) is 2.26. The van der Waals surface area contributed by atoms with Crippen molar-refractivity contribution in [2.75, 3.05) is 6.54 Å². The molecule has 4 heteroatoms. The first-order chi connectivity index (χ1) is 8.39. The van der Waals surface area contributed by atoms with Crippen molar-refractivity contribution in [2.24, 2.45) is 0 Å². The van der Waals surface area contributed by atoms with Crippen molar-refractivity contribution in [3.8, 4) is 5.75 Å². The van der Waals surface area contributed by atoms with Crippen molar-refractivity contribution in [2.45, 2.75) is 44.8 Å². The smallest absolute Gasteiger partial charge is 0.115 e. The van der Waals surface area contributed by atoms with E-state index in [2.05, 4.69) is 4.72 Å².